The van der Waals surface area contributed by atoms with Crippen LogP contribution in [0, 0.1) is 17.0 Å². The summed E-state index contributed by atoms with van der Waals surface area (Å²) < 4.78 is 33.8. The van der Waals surface area contributed by atoms with Gasteiger partial charge in [0.15, 0.2) is 0 Å². The molecule has 3 aromatic rings. The minimum atomic E-state index is -4.49. The van der Waals surface area contributed by atoms with Crippen molar-refractivity contribution in [1.29, 1.82) is 0 Å². The number of carbonyl (C=O) groups excluding carboxylic acids is 2. The van der Waals surface area contributed by atoms with Crippen molar-refractivity contribution >= 4 is 44.8 Å². The fourth-order valence-electron chi connectivity index (χ4n) is 3.97. The largest absolute Gasteiger partial charge is 0.497 e. The summed E-state index contributed by atoms with van der Waals surface area (Å²) in [5.74, 6) is -0.685. The molecule has 0 fully saturated rings. The fraction of sp³-hybridized carbons (Fsp3) is 0.259. The third-order valence-corrected chi connectivity index (χ3v) is 8.27. The van der Waals surface area contributed by atoms with Crippen LogP contribution in [0.2, 0.25) is 5.02 Å². The summed E-state index contributed by atoms with van der Waals surface area (Å²) in [6.07, 6.45) is 0. The first kappa shape index (κ1) is 30.4. The molecule has 11 nitrogen and oxygen atoms in total. The number of hydrogen-bond acceptors (Lipinski definition) is 7. The van der Waals surface area contributed by atoms with Gasteiger partial charge >= 0.3 is 0 Å². The number of likely N-dealkylation sites (N-methyl/N-ethyl adjacent to an activating group) is 1. The van der Waals surface area contributed by atoms with Gasteiger partial charge < -0.3 is 15.0 Å². The maximum absolute atomic E-state index is 13.9. The second-order valence-electron chi connectivity index (χ2n) is 8.86. The molecule has 212 valence electrons. The van der Waals surface area contributed by atoms with E-state index in [0.29, 0.717) is 16.3 Å². The molecule has 0 saturated heterocycles. The van der Waals surface area contributed by atoms with Crippen LogP contribution >= 0.6 is 11.6 Å². The van der Waals surface area contributed by atoms with E-state index >= 15 is 0 Å². The lowest BCUT2D eigenvalue weighted by atomic mass is 10.1. The maximum atomic E-state index is 13.9. The van der Waals surface area contributed by atoms with E-state index in [0.717, 1.165) is 10.4 Å². The molecule has 0 aliphatic carbocycles. The predicted octanol–water partition coefficient (Wildman–Crippen LogP) is 3.92. The molecular weight excluding hydrogens is 560 g/mol. The number of anilines is 1. The van der Waals surface area contributed by atoms with Crippen LogP contribution in [-0.2, 0) is 26.2 Å². The van der Waals surface area contributed by atoms with Gasteiger partial charge in [0.2, 0.25) is 11.8 Å². The van der Waals surface area contributed by atoms with E-state index in [4.69, 9.17) is 16.3 Å². The van der Waals surface area contributed by atoms with Crippen molar-refractivity contribution in [1.82, 2.24) is 10.2 Å². The number of amides is 2. The molecule has 13 heteroatoms. The Hall–Kier alpha value is -4.16. The average molecular weight is 589 g/mol. The summed E-state index contributed by atoms with van der Waals surface area (Å²) in [6, 6.07) is 15.3. The molecule has 0 saturated carbocycles. The minimum Gasteiger partial charge on any atom is -0.497 e. The van der Waals surface area contributed by atoms with Gasteiger partial charge in [0, 0.05) is 30.2 Å². The lowest BCUT2D eigenvalue weighted by Gasteiger charge is -2.31. The third kappa shape index (κ3) is 6.88. The highest BCUT2D eigenvalue weighted by atomic mass is 35.5. The van der Waals surface area contributed by atoms with Crippen LogP contribution in [0.4, 0.5) is 11.4 Å². The monoisotopic (exact) mass is 588 g/mol. The van der Waals surface area contributed by atoms with Crippen LogP contribution < -0.4 is 14.4 Å². The molecule has 0 bridgehead atoms. The number of nitrogens with one attached hydrogen (secondary N) is 1. The highest BCUT2D eigenvalue weighted by molar-refractivity contribution is 7.92. The number of hydrogen-bond donors (Lipinski definition) is 1. The van der Waals surface area contributed by atoms with Crippen molar-refractivity contribution in [3.63, 3.8) is 0 Å². The number of halogens is 1. The standard InChI is InChI=1S/C27H29ClN4O7S/c1-18-8-13-24(15-25(18)32(35)36)40(37,38)31(22-9-11-23(39-4)12-10-22)17-26(33)30(19(2)27(34)29-3)16-20-6-5-7-21(28)14-20/h5-15,19H,16-17H2,1-4H3,(H,29,34)/t19-/m0/s1. The zero-order chi connectivity index (χ0) is 29.6. The third-order valence-electron chi connectivity index (χ3n) is 6.26. The molecule has 3 aromatic carbocycles. The van der Waals surface area contributed by atoms with Gasteiger partial charge in [0.25, 0.3) is 15.7 Å². The SMILES string of the molecule is CNC(=O)[C@H](C)N(Cc1cccc(Cl)c1)C(=O)CN(c1ccc(OC)cc1)S(=O)(=O)c1ccc(C)c([N+](=O)[O-])c1. The zero-order valence-electron chi connectivity index (χ0n) is 22.3. The Morgan fingerprint density at radius 3 is 2.35 bits per heavy atom. The molecule has 0 radical (unpaired) electrons. The van der Waals surface area contributed by atoms with Crippen LogP contribution in [0.25, 0.3) is 0 Å². The van der Waals surface area contributed by atoms with Gasteiger partial charge in [-0.05, 0) is 61.9 Å². The molecule has 0 aromatic heterocycles. The van der Waals surface area contributed by atoms with Crippen molar-refractivity contribution in [3.8, 4) is 5.75 Å². The topological polar surface area (TPSA) is 139 Å². The summed E-state index contributed by atoms with van der Waals surface area (Å²) in [5.41, 5.74) is 0.651. The first-order chi connectivity index (χ1) is 18.9. The van der Waals surface area contributed by atoms with Crippen molar-refractivity contribution in [2.75, 3.05) is 25.0 Å². The highest BCUT2D eigenvalue weighted by Crippen LogP contribution is 2.29. The van der Waals surface area contributed by atoms with Gasteiger partial charge in [-0.25, -0.2) is 8.42 Å². The van der Waals surface area contributed by atoms with Crippen LogP contribution in [0.5, 0.6) is 5.75 Å². The molecule has 1 N–H and O–H groups in total. The predicted molar refractivity (Wildman–Crippen MR) is 151 cm³/mol. The molecular formula is C27H29ClN4O7S. The molecule has 40 heavy (non-hydrogen) atoms. The number of benzene rings is 3. The number of methoxy groups -OCH3 is 1. The Balaban J connectivity index is 2.09. The van der Waals surface area contributed by atoms with Crippen LogP contribution in [-0.4, -0.2) is 56.8 Å². The van der Waals surface area contributed by atoms with Crippen LogP contribution in [0.3, 0.4) is 0 Å². The Labute approximate surface area is 237 Å². The number of sulfonamides is 1. The van der Waals surface area contributed by atoms with E-state index in [1.54, 1.807) is 24.3 Å². The zero-order valence-corrected chi connectivity index (χ0v) is 23.9. The number of nitrogens with zero attached hydrogens (tertiary/aromatic N) is 3. The summed E-state index contributed by atoms with van der Waals surface area (Å²) in [5, 5.41) is 14.5. The lowest BCUT2D eigenvalue weighted by Crippen LogP contribution is -2.50. The molecule has 0 spiro atoms. The molecule has 0 aliphatic rings. The van der Waals surface area contributed by atoms with Gasteiger partial charge in [-0.1, -0.05) is 29.8 Å². The van der Waals surface area contributed by atoms with E-state index in [1.165, 1.54) is 69.3 Å². The van der Waals surface area contributed by atoms with Crippen molar-refractivity contribution in [2.24, 2.45) is 0 Å². The van der Waals surface area contributed by atoms with Crippen LogP contribution in [0.1, 0.15) is 18.1 Å². The minimum absolute atomic E-state index is 0.0273. The van der Waals surface area contributed by atoms with E-state index in [-0.39, 0.29) is 28.4 Å². The molecule has 0 heterocycles. The summed E-state index contributed by atoms with van der Waals surface area (Å²) >= 11 is 6.11. The molecule has 1 atom stereocenters. The Bertz CT molecular complexity index is 1510. The van der Waals surface area contributed by atoms with Crippen molar-refractivity contribution in [3.05, 3.63) is 93.0 Å². The van der Waals surface area contributed by atoms with E-state index in [2.05, 4.69) is 5.32 Å². The lowest BCUT2D eigenvalue weighted by molar-refractivity contribution is -0.385. The van der Waals surface area contributed by atoms with Gasteiger partial charge in [0.1, 0.15) is 18.3 Å². The summed E-state index contributed by atoms with van der Waals surface area (Å²) in [6.45, 7) is 2.29. The second kappa shape index (κ2) is 12.8. The molecule has 0 unspecified atom stereocenters. The first-order valence-electron chi connectivity index (χ1n) is 12.1. The Morgan fingerprint density at radius 2 is 1.77 bits per heavy atom. The summed E-state index contributed by atoms with van der Waals surface area (Å²) in [4.78, 5) is 38.1. The highest BCUT2D eigenvalue weighted by Gasteiger charge is 2.33. The normalized spacial score (nSPS) is 11.8. The van der Waals surface area contributed by atoms with Crippen molar-refractivity contribution in [2.45, 2.75) is 31.3 Å². The number of carbonyl (C=O) groups is 2. The summed E-state index contributed by atoms with van der Waals surface area (Å²) in [7, 11) is -1.61. The molecule has 2 amide bonds. The molecule has 3 rings (SSSR count). The quantitative estimate of drug-likeness (QED) is 0.264. The van der Waals surface area contributed by atoms with Gasteiger partial charge in [-0.3, -0.25) is 24.0 Å². The Morgan fingerprint density at radius 1 is 1.10 bits per heavy atom. The van der Waals surface area contributed by atoms with Gasteiger partial charge in [-0.2, -0.15) is 0 Å². The number of ether oxygens (including phenoxy) is 1. The van der Waals surface area contributed by atoms with Crippen molar-refractivity contribution < 1.29 is 27.7 Å². The number of nitro groups is 1. The van der Waals surface area contributed by atoms with E-state index in [9.17, 15) is 28.1 Å². The van der Waals surface area contributed by atoms with Crippen LogP contribution in [0.15, 0.2) is 71.6 Å². The van der Waals surface area contributed by atoms with Gasteiger partial charge in [-0.15, -0.1) is 0 Å². The number of nitro benzene ring substituents is 1. The maximum Gasteiger partial charge on any atom is 0.273 e. The fourth-order valence-corrected chi connectivity index (χ4v) is 5.62. The van der Waals surface area contributed by atoms with E-state index < -0.39 is 39.3 Å². The second-order valence-corrected chi connectivity index (χ2v) is 11.2. The Kier molecular flexibility index (Phi) is 9.72. The smallest absolute Gasteiger partial charge is 0.273 e. The van der Waals surface area contributed by atoms with Gasteiger partial charge in [0.05, 0.1) is 22.6 Å². The average Bonchev–Trinajstić information content (AvgIpc) is 2.93. The number of rotatable bonds is 11. The number of aryl methyl sites for hydroxylation is 1. The van der Waals surface area contributed by atoms with E-state index in [1.807, 2.05) is 0 Å². The molecule has 0 aliphatic heterocycles. The first-order valence-corrected chi connectivity index (χ1v) is 13.9.